The molecule has 0 fully saturated rings. The van der Waals surface area contributed by atoms with Gasteiger partial charge in [-0.15, -0.1) is 0 Å². The first-order valence-electron chi connectivity index (χ1n) is 7.17. The van der Waals surface area contributed by atoms with Crippen molar-refractivity contribution in [1.29, 1.82) is 0 Å². The highest BCUT2D eigenvalue weighted by atomic mass is 35.5. The van der Waals surface area contributed by atoms with E-state index in [-0.39, 0.29) is 5.41 Å². The highest BCUT2D eigenvalue weighted by Crippen LogP contribution is 2.36. The van der Waals surface area contributed by atoms with E-state index in [0.717, 1.165) is 5.02 Å². The number of halogens is 1. The van der Waals surface area contributed by atoms with Gasteiger partial charge in [0.05, 0.1) is 0 Å². The number of fused-ring (bicyclic) bond motifs is 3. The lowest BCUT2D eigenvalue weighted by atomic mass is 9.85. The zero-order valence-corrected chi connectivity index (χ0v) is 14.6. The Bertz CT molecular complexity index is 693. The maximum atomic E-state index is 6.51. The van der Waals surface area contributed by atoms with Crippen molar-refractivity contribution < 1.29 is 0 Å². The van der Waals surface area contributed by atoms with Crippen LogP contribution in [-0.2, 0) is 5.41 Å². The molecule has 0 spiro atoms. The fourth-order valence-corrected chi connectivity index (χ4v) is 6.65. The maximum absolute atomic E-state index is 6.51. The maximum Gasteiger partial charge on any atom is 0.113 e. The van der Waals surface area contributed by atoms with Gasteiger partial charge in [-0.2, -0.15) is 0 Å². The molecule has 1 aliphatic heterocycles. The van der Waals surface area contributed by atoms with E-state index in [2.05, 4.69) is 64.2 Å². The average molecular weight is 301 g/mol. The van der Waals surface area contributed by atoms with Crippen LogP contribution < -0.4 is 10.4 Å². The molecule has 1 aliphatic rings. The van der Waals surface area contributed by atoms with Gasteiger partial charge in [0.25, 0.3) is 0 Å². The molecule has 2 heteroatoms. The second-order valence-corrected chi connectivity index (χ2v) is 12.0. The van der Waals surface area contributed by atoms with Gasteiger partial charge in [0.1, 0.15) is 8.07 Å². The van der Waals surface area contributed by atoms with Crippen molar-refractivity contribution in [3.63, 3.8) is 0 Å². The summed E-state index contributed by atoms with van der Waals surface area (Å²) < 4.78 is 0. The Labute approximate surface area is 127 Å². The Morgan fingerprint density at radius 1 is 0.950 bits per heavy atom. The third-order valence-electron chi connectivity index (χ3n) is 4.52. The van der Waals surface area contributed by atoms with Crippen LogP contribution in [0.4, 0.5) is 0 Å². The van der Waals surface area contributed by atoms with Crippen molar-refractivity contribution in [1.82, 2.24) is 0 Å². The summed E-state index contributed by atoms with van der Waals surface area (Å²) in [6.45, 7) is 11.6. The molecule has 0 amide bonds. The van der Waals surface area contributed by atoms with Gasteiger partial charge in [-0.3, -0.25) is 0 Å². The highest BCUT2D eigenvalue weighted by Gasteiger charge is 2.38. The van der Waals surface area contributed by atoms with Crippen LogP contribution in [-0.4, -0.2) is 8.07 Å². The predicted octanol–water partition coefficient (Wildman–Crippen LogP) is 4.44. The van der Waals surface area contributed by atoms with Crippen molar-refractivity contribution in [2.45, 2.75) is 39.3 Å². The number of benzene rings is 2. The Morgan fingerprint density at radius 2 is 1.65 bits per heavy atom. The van der Waals surface area contributed by atoms with Gasteiger partial charge >= 0.3 is 0 Å². The van der Waals surface area contributed by atoms with E-state index in [1.54, 1.807) is 0 Å². The van der Waals surface area contributed by atoms with Gasteiger partial charge in [0, 0.05) is 5.02 Å². The zero-order chi connectivity index (χ0) is 14.7. The lowest BCUT2D eigenvalue weighted by molar-refractivity contribution is 0.590. The van der Waals surface area contributed by atoms with E-state index >= 15 is 0 Å². The van der Waals surface area contributed by atoms with E-state index in [4.69, 9.17) is 11.6 Å². The minimum absolute atomic E-state index is 0.171. The molecular formula is C18H21ClSi. The summed E-state index contributed by atoms with van der Waals surface area (Å²) in [6, 6.07) is 13.4. The number of rotatable bonds is 0. The summed E-state index contributed by atoms with van der Waals surface area (Å²) in [5.41, 5.74) is 4.21. The van der Waals surface area contributed by atoms with Gasteiger partial charge in [0.2, 0.25) is 0 Å². The molecule has 1 heterocycles. The van der Waals surface area contributed by atoms with Crippen LogP contribution in [0.3, 0.4) is 0 Å². The first kappa shape index (κ1) is 13.9. The Balaban J connectivity index is 2.34. The topological polar surface area (TPSA) is 0 Å². The van der Waals surface area contributed by atoms with Crippen molar-refractivity contribution >= 4 is 30.0 Å². The van der Waals surface area contributed by atoms with Crippen LogP contribution >= 0.6 is 11.6 Å². The second-order valence-electron chi connectivity index (χ2n) is 7.30. The van der Waals surface area contributed by atoms with Crippen molar-refractivity contribution in [2.24, 2.45) is 0 Å². The van der Waals surface area contributed by atoms with Crippen LogP contribution in [0, 0.1) is 0 Å². The van der Waals surface area contributed by atoms with E-state index in [9.17, 15) is 0 Å². The molecule has 0 unspecified atom stereocenters. The van der Waals surface area contributed by atoms with Crippen molar-refractivity contribution in [2.75, 3.05) is 0 Å². The molecule has 0 aromatic heterocycles. The summed E-state index contributed by atoms with van der Waals surface area (Å²) in [7, 11) is -1.58. The van der Waals surface area contributed by atoms with Crippen molar-refractivity contribution in [3.05, 3.63) is 47.0 Å². The van der Waals surface area contributed by atoms with Crippen molar-refractivity contribution in [3.8, 4) is 11.1 Å². The number of hydrogen-bond donors (Lipinski definition) is 0. The summed E-state index contributed by atoms with van der Waals surface area (Å²) in [6.07, 6.45) is 0. The molecule has 0 saturated heterocycles. The quantitative estimate of drug-likeness (QED) is 0.631. The standard InChI is InChI=1S/C18H21ClSi/c1-18(2,3)12-9-10-15-13(11-12)17-14(19)7-6-8-16(17)20(15,4)5/h6-11H,1-5H3. The minimum atomic E-state index is -1.58. The van der Waals surface area contributed by atoms with E-state index in [0.29, 0.717) is 0 Å². The molecule has 20 heavy (non-hydrogen) atoms. The molecule has 104 valence electrons. The lowest BCUT2D eigenvalue weighted by Gasteiger charge is -2.22. The van der Waals surface area contributed by atoms with Crippen LogP contribution in [0.15, 0.2) is 36.4 Å². The first-order chi connectivity index (χ1) is 9.23. The van der Waals surface area contributed by atoms with Gasteiger partial charge < -0.3 is 0 Å². The molecule has 0 bridgehead atoms. The second kappa shape index (κ2) is 4.22. The molecule has 0 saturated carbocycles. The van der Waals surface area contributed by atoms with E-state index in [1.807, 2.05) is 6.07 Å². The molecule has 3 rings (SSSR count). The third kappa shape index (κ3) is 1.87. The Morgan fingerprint density at radius 3 is 2.30 bits per heavy atom. The molecule has 0 aliphatic carbocycles. The molecular weight excluding hydrogens is 280 g/mol. The summed E-state index contributed by atoms with van der Waals surface area (Å²) in [5, 5.41) is 3.90. The SMILES string of the molecule is CC(C)(C)c1ccc2c(c1)-c1c(Cl)cccc1[Si]2(C)C. The molecule has 0 atom stereocenters. The minimum Gasteiger partial charge on any atom is -0.0837 e. The predicted molar refractivity (Wildman–Crippen MR) is 92.3 cm³/mol. The number of hydrogen-bond acceptors (Lipinski definition) is 0. The van der Waals surface area contributed by atoms with Crippen LogP contribution in [0.5, 0.6) is 0 Å². The largest absolute Gasteiger partial charge is 0.113 e. The summed E-state index contributed by atoms with van der Waals surface area (Å²) >= 11 is 6.51. The van der Waals surface area contributed by atoms with Gasteiger partial charge in [-0.25, -0.2) is 0 Å². The average Bonchev–Trinajstić information content (AvgIpc) is 2.58. The smallest absolute Gasteiger partial charge is 0.0837 e. The van der Waals surface area contributed by atoms with E-state index < -0.39 is 8.07 Å². The normalized spacial score (nSPS) is 15.9. The van der Waals surface area contributed by atoms with Crippen LogP contribution in [0.25, 0.3) is 11.1 Å². The molecule has 0 N–H and O–H groups in total. The molecule has 2 aromatic rings. The lowest BCUT2D eigenvalue weighted by Crippen LogP contribution is -2.49. The van der Waals surface area contributed by atoms with Gasteiger partial charge in [-0.05, 0) is 38.5 Å². The highest BCUT2D eigenvalue weighted by molar-refractivity contribution is 7.04. The Kier molecular flexibility index (Phi) is 2.93. The van der Waals surface area contributed by atoms with Crippen LogP contribution in [0.2, 0.25) is 18.1 Å². The monoisotopic (exact) mass is 300 g/mol. The van der Waals surface area contributed by atoms with Crippen LogP contribution in [0.1, 0.15) is 26.3 Å². The van der Waals surface area contributed by atoms with E-state index in [1.165, 1.54) is 27.1 Å². The summed E-state index contributed by atoms with van der Waals surface area (Å²) in [5.74, 6) is 0. The fourth-order valence-electron chi connectivity index (χ4n) is 3.23. The molecule has 2 aromatic carbocycles. The summed E-state index contributed by atoms with van der Waals surface area (Å²) in [4.78, 5) is 0. The van der Waals surface area contributed by atoms with Gasteiger partial charge in [0.15, 0.2) is 0 Å². The fraction of sp³-hybridized carbons (Fsp3) is 0.333. The third-order valence-corrected chi connectivity index (χ3v) is 8.38. The molecule has 0 nitrogen and oxygen atoms in total. The molecule has 0 radical (unpaired) electrons. The Hall–Kier alpha value is -1.05. The first-order valence-corrected chi connectivity index (χ1v) is 10.5. The zero-order valence-electron chi connectivity index (χ0n) is 12.8. The van der Waals surface area contributed by atoms with Gasteiger partial charge in [-0.1, -0.05) is 75.8 Å².